The molecule has 0 spiro atoms. The largest absolute Gasteiger partial charge is 0.465 e. The average Bonchev–Trinajstić information content (AvgIpc) is 2.32. The first-order chi connectivity index (χ1) is 8.22. The van der Waals surface area contributed by atoms with Crippen molar-refractivity contribution in [3.8, 4) is 0 Å². The lowest BCUT2D eigenvalue weighted by Gasteiger charge is -2.08. The SMILES string of the molecule is CCCCCCCCCOC(=O)C(Cl)CCC. The Balaban J connectivity index is 3.24. The van der Waals surface area contributed by atoms with Gasteiger partial charge in [-0.2, -0.15) is 0 Å². The summed E-state index contributed by atoms with van der Waals surface area (Å²) in [5, 5.41) is -0.454. The van der Waals surface area contributed by atoms with Gasteiger partial charge in [0.15, 0.2) is 0 Å². The predicted octanol–water partition coefficient (Wildman–Crippen LogP) is 4.69. The lowest BCUT2D eigenvalue weighted by Crippen LogP contribution is -2.18. The molecule has 2 nitrogen and oxygen atoms in total. The second kappa shape index (κ2) is 12.2. The molecule has 0 saturated carbocycles. The fourth-order valence-corrected chi connectivity index (χ4v) is 1.97. The van der Waals surface area contributed by atoms with Crippen molar-refractivity contribution in [1.29, 1.82) is 0 Å². The van der Waals surface area contributed by atoms with Gasteiger partial charge in [-0.25, -0.2) is 0 Å². The molecule has 0 saturated heterocycles. The predicted molar refractivity (Wildman–Crippen MR) is 73.5 cm³/mol. The van der Waals surface area contributed by atoms with Crippen LogP contribution in [0.3, 0.4) is 0 Å². The summed E-state index contributed by atoms with van der Waals surface area (Å²) in [6.45, 7) is 4.76. The van der Waals surface area contributed by atoms with Crippen LogP contribution in [0.25, 0.3) is 0 Å². The van der Waals surface area contributed by atoms with E-state index in [9.17, 15) is 4.79 Å². The molecule has 0 heterocycles. The van der Waals surface area contributed by atoms with Crippen LogP contribution in [-0.4, -0.2) is 18.0 Å². The Hall–Kier alpha value is -0.240. The Morgan fingerprint density at radius 1 is 1.00 bits per heavy atom. The summed E-state index contributed by atoms with van der Waals surface area (Å²) in [6.07, 6.45) is 10.2. The normalized spacial score (nSPS) is 12.4. The van der Waals surface area contributed by atoms with Crippen LogP contribution in [0, 0.1) is 0 Å². The maximum atomic E-state index is 11.4. The molecule has 102 valence electrons. The van der Waals surface area contributed by atoms with Crippen molar-refractivity contribution < 1.29 is 9.53 Å². The van der Waals surface area contributed by atoms with Crippen LogP contribution in [0.4, 0.5) is 0 Å². The molecule has 0 radical (unpaired) electrons. The number of carbonyl (C=O) groups is 1. The van der Waals surface area contributed by atoms with Crippen molar-refractivity contribution in [2.45, 2.75) is 77.0 Å². The highest BCUT2D eigenvalue weighted by Gasteiger charge is 2.14. The molecule has 0 N–H and O–H groups in total. The van der Waals surface area contributed by atoms with Crippen molar-refractivity contribution in [2.75, 3.05) is 6.61 Å². The number of carbonyl (C=O) groups excluding carboxylic acids is 1. The average molecular weight is 263 g/mol. The summed E-state index contributed by atoms with van der Waals surface area (Å²) in [7, 11) is 0. The third kappa shape index (κ3) is 10.6. The Morgan fingerprint density at radius 2 is 1.59 bits per heavy atom. The van der Waals surface area contributed by atoms with Gasteiger partial charge in [0.2, 0.25) is 0 Å². The molecular weight excluding hydrogens is 236 g/mol. The van der Waals surface area contributed by atoms with Gasteiger partial charge in [-0.05, 0) is 12.8 Å². The van der Waals surface area contributed by atoms with E-state index in [1.165, 1.54) is 32.1 Å². The third-order valence-corrected chi connectivity index (χ3v) is 3.19. The Kier molecular flexibility index (Phi) is 12.1. The van der Waals surface area contributed by atoms with Crippen LogP contribution in [0.1, 0.15) is 71.6 Å². The highest BCUT2D eigenvalue weighted by atomic mass is 35.5. The molecule has 1 atom stereocenters. The zero-order valence-electron chi connectivity index (χ0n) is 11.3. The smallest absolute Gasteiger partial charge is 0.324 e. The fourth-order valence-electron chi connectivity index (χ4n) is 1.69. The van der Waals surface area contributed by atoms with Gasteiger partial charge >= 0.3 is 5.97 Å². The van der Waals surface area contributed by atoms with Gasteiger partial charge in [0.25, 0.3) is 0 Å². The summed E-state index contributed by atoms with van der Waals surface area (Å²) in [5.41, 5.74) is 0. The van der Waals surface area contributed by atoms with E-state index in [0.29, 0.717) is 13.0 Å². The number of hydrogen-bond acceptors (Lipinski definition) is 2. The zero-order valence-corrected chi connectivity index (χ0v) is 12.1. The molecule has 1 unspecified atom stereocenters. The van der Waals surface area contributed by atoms with Crippen molar-refractivity contribution >= 4 is 17.6 Å². The maximum absolute atomic E-state index is 11.4. The second-order valence-electron chi connectivity index (χ2n) is 4.55. The van der Waals surface area contributed by atoms with E-state index in [-0.39, 0.29) is 5.97 Å². The van der Waals surface area contributed by atoms with Crippen LogP contribution in [-0.2, 0) is 9.53 Å². The minimum atomic E-state index is -0.454. The molecule has 0 aliphatic carbocycles. The van der Waals surface area contributed by atoms with Gasteiger partial charge in [0.05, 0.1) is 6.61 Å². The number of halogens is 1. The number of rotatable bonds is 11. The summed E-state index contributed by atoms with van der Waals surface area (Å²) in [6, 6.07) is 0. The molecule has 0 fully saturated rings. The van der Waals surface area contributed by atoms with Gasteiger partial charge in [0, 0.05) is 0 Å². The van der Waals surface area contributed by atoms with E-state index in [2.05, 4.69) is 6.92 Å². The molecule has 0 bridgehead atoms. The summed E-state index contributed by atoms with van der Waals surface area (Å²) in [4.78, 5) is 11.4. The number of unbranched alkanes of at least 4 members (excludes halogenated alkanes) is 6. The summed E-state index contributed by atoms with van der Waals surface area (Å²) < 4.78 is 5.11. The topological polar surface area (TPSA) is 26.3 Å². The molecule has 0 amide bonds. The van der Waals surface area contributed by atoms with Crippen molar-refractivity contribution in [3.05, 3.63) is 0 Å². The van der Waals surface area contributed by atoms with Crippen molar-refractivity contribution in [2.24, 2.45) is 0 Å². The number of hydrogen-bond donors (Lipinski definition) is 0. The first-order valence-electron chi connectivity index (χ1n) is 7.03. The monoisotopic (exact) mass is 262 g/mol. The van der Waals surface area contributed by atoms with Gasteiger partial charge in [0.1, 0.15) is 5.38 Å². The van der Waals surface area contributed by atoms with Gasteiger partial charge in [-0.1, -0.05) is 58.8 Å². The summed E-state index contributed by atoms with van der Waals surface area (Å²) in [5.74, 6) is -0.250. The molecule has 0 aliphatic heterocycles. The molecular formula is C14H27ClO2. The molecule has 0 aromatic rings. The minimum Gasteiger partial charge on any atom is -0.465 e. The van der Waals surface area contributed by atoms with E-state index >= 15 is 0 Å². The molecule has 0 aromatic heterocycles. The van der Waals surface area contributed by atoms with E-state index in [1.807, 2.05) is 6.92 Å². The van der Waals surface area contributed by atoms with Gasteiger partial charge in [-0.3, -0.25) is 4.79 Å². The molecule has 0 aromatic carbocycles. The first-order valence-corrected chi connectivity index (χ1v) is 7.46. The number of ether oxygens (including phenoxy) is 1. The van der Waals surface area contributed by atoms with Crippen molar-refractivity contribution in [3.63, 3.8) is 0 Å². The third-order valence-electron chi connectivity index (χ3n) is 2.79. The quantitative estimate of drug-likeness (QED) is 0.307. The Labute approximate surface area is 111 Å². The lowest BCUT2D eigenvalue weighted by atomic mass is 10.1. The standard InChI is InChI=1S/C14H27ClO2/c1-3-5-6-7-8-9-10-12-17-14(16)13(15)11-4-2/h13H,3-12H2,1-2H3. The van der Waals surface area contributed by atoms with E-state index < -0.39 is 5.38 Å². The van der Waals surface area contributed by atoms with E-state index in [0.717, 1.165) is 19.3 Å². The van der Waals surface area contributed by atoms with Crippen molar-refractivity contribution in [1.82, 2.24) is 0 Å². The molecule has 17 heavy (non-hydrogen) atoms. The molecule has 3 heteroatoms. The molecule has 0 rings (SSSR count). The van der Waals surface area contributed by atoms with Gasteiger partial charge in [-0.15, -0.1) is 11.6 Å². The van der Waals surface area contributed by atoms with Crippen LogP contribution < -0.4 is 0 Å². The second-order valence-corrected chi connectivity index (χ2v) is 5.07. The van der Waals surface area contributed by atoms with E-state index in [4.69, 9.17) is 16.3 Å². The van der Waals surface area contributed by atoms with Crippen LogP contribution >= 0.6 is 11.6 Å². The summed E-state index contributed by atoms with van der Waals surface area (Å²) >= 11 is 5.85. The lowest BCUT2D eigenvalue weighted by molar-refractivity contribution is -0.143. The van der Waals surface area contributed by atoms with Crippen LogP contribution in [0.5, 0.6) is 0 Å². The maximum Gasteiger partial charge on any atom is 0.324 e. The van der Waals surface area contributed by atoms with E-state index in [1.54, 1.807) is 0 Å². The first kappa shape index (κ1) is 16.8. The Morgan fingerprint density at radius 3 is 2.18 bits per heavy atom. The number of esters is 1. The zero-order chi connectivity index (χ0) is 12.9. The number of alkyl halides is 1. The minimum absolute atomic E-state index is 0.250. The molecule has 0 aliphatic rings. The Bertz CT molecular complexity index is 183. The van der Waals surface area contributed by atoms with Crippen LogP contribution in [0.2, 0.25) is 0 Å². The highest BCUT2D eigenvalue weighted by Crippen LogP contribution is 2.09. The fraction of sp³-hybridized carbons (Fsp3) is 0.929. The van der Waals surface area contributed by atoms with Crippen LogP contribution in [0.15, 0.2) is 0 Å². The van der Waals surface area contributed by atoms with Gasteiger partial charge < -0.3 is 4.74 Å². The highest BCUT2D eigenvalue weighted by molar-refractivity contribution is 6.29.